The Morgan fingerprint density at radius 1 is 1.54 bits per heavy atom. The summed E-state index contributed by atoms with van der Waals surface area (Å²) in [7, 11) is 0. The summed E-state index contributed by atoms with van der Waals surface area (Å²) in [5, 5.41) is 0. The van der Waals surface area contributed by atoms with E-state index in [1.807, 2.05) is 6.92 Å². The Kier molecular flexibility index (Phi) is 2.39. The number of ether oxygens (including phenoxy) is 1. The van der Waals surface area contributed by atoms with E-state index in [0.29, 0.717) is 12.5 Å². The van der Waals surface area contributed by atoms with E-state index in [9.17, 15) is 4.79 Å². The summed E-state index contributed by atoms with van der Waals surface area (Å²) in [4.78, 5) is 13.4. The highest BCUT2D eigenvalue weighted by molar-refractivity contribution is 5.64. The Hall–Kier alpha value is -0.410. The first kappa shape index (κ1) is 9.16. The van der Waals surface area contributed by atoms with Crippen LogP contribution in [-0.4, -0.2) is 43.0 Å². The molecule has 0 amide bonds. The third kappa shape index (κ3) is 1.40. The second kappa shape index (κ2) is 3.39. The molecular formula is C10H17NO2. The number of carbonyl (C=O) groups is 1. The van der Waals surface area contributed by atoms with Gasteiger partial charge in [0.15, 0.2) is 6.29 Å². The van der Waals surface area contributed by atoms with Gasteiger partial charge in [-0.25, -0.2) is 0 Å². The average molecular weight is 183 g/mol. The molecule has 3 rings (SSSR count). The lowest BCUT2D eigenvalue weighted by Gasteiger charge is -2.49. The molecule has 0 aromatic rings. The molecule has 0 radical (unpaired) electrons. The van der Waals surface area contributed by atoms with Gasteiger partial charge in [-0.1, -0.05) is 0 Å². The monoisotopic (exact) mass is 183 g/mol. The lowest BCUT2D eigenvalue weighted by Crippen LogP contribution is -2.61. The predicted molar refractivity (Wildman–Crippen MR) is 49.6 cm³/mol. The minimum absolute atomic E-state index is 0.467. The second-order valence-corrected chi connectivity index (χ2v) is 4.06. The number of hydrogen-bond acceptors (Lipinski definition) is 3. The minimum Gasteiger partial charge on any atom is -0.366 e. The van der Waals surface area contributed by atoms with Crippen molar-refractivity contribution >= 4 is 6.29 Å². The SMILES string of the molecule is CCOC1(C=O)CN2CCC1CC2. The van der Waals surface area contributed by atoms with Gasteiger partial charge in [-0.2, -0.15) is 0 Å². The van der Waals surface area contributed by atoms with Crippen molar-refractivity contribution in [1.82, 2.24) is 4.90 Å². The third-order valence-electron chi connectivity index (χ3n) is 3.36. The smallest absolute Gasteiger partial charge is 0.153 e. The van der Waals surface area contributed by atoms with Crippen molar-refractivity contribution in [2.75, 3.05) is 26.2 Å². The van der Waals surface area contributed by atoms with Gasteiger partial charge in [0.05, 0.1) is 0 Å². The second-order valence-electron chi connectivity index (χ2n) is 4.06. The largest absolute Gasteiger partial charge is 0.366 e. The fraction of sp³-hybridized carbons (Fsp3) is 0.900. The molecule has 3 saturated heterocycles. The minimum atomic E-state index is -0.467. The van der Waals surface area contributed by atoms with Crippen LogP contribution in [0, 0.1) is 5.92 Å². The Morgan fingerprint density at radius 3 is 2.62 bits per heavy atom. The Labute approximate surface area is 79.0 Å². The van der Waals surface area contributed by atoms with Gasteiger partial charge >= 0.3 is 0 Å². The molecule has 0 aliphatic carbocycles. The van der Waals surface area contributed by atoms with Crippen molar-refractivity contribution in [3.63, 3.8) is 0 Å². The Bertz CT molecular complexity index is 199. The van der Waals surface area contributed by atoms with Crippen molar-refractivity contribution in [2.24, 2.45) is 5.92 Å². The van der Waals surface area contributed by atoms with Crippen LogP contribution in [0.25, 0.3) is 0 Å². The standard InChI is InChI=1S/C10H17NO2/c1-2-13-10(8-12)7-11-5-3-9(10)4-6-11/h8-9H,2-7H2,1H3. The van der Waals surface area contributed by atoms with E-state index in [0.717, 1.165) is 38.8 Å². The van der Waals surface area contributed by atoms with Crippen LogP contribution in [0.5, 0.6) is 0 Å². The van der Waals surface area contributed by atoms with Gasteiger partial charge in [-0.05, 0) is 38.8 Å². The van der Waals surface area contributed by atoms with Crippen LogP contribution < -0.4 is 0 Å². The van der Waals surface area contributed by atoms with Crippen LogP contribution >= 0.6 is 0 Å². The molecule has 0 spiro atoms. The van der Waals surface area contributed by atoms with Gasteiger partial charge < -0.3 is 9.53 Å². The molecule has 1 atom stereocenters. The summed E-state index contributed by atoms with van der Waals surface area (Å²) in [6, 6.07) is 0. The summed E-state index contributed by atoms with van der Waals surface area (Å²) in [6.07, 6.45) is 3.28. The zero-order valence-electron chi connectivity index (χ0n) is 8.16. The summed E-state index contributed by atoms with van der Waals surface area (Å²) in [5.41, 5.74) is -0.467. The van der Waals surface area contributed by atoms with Crippen LogP contribution in [-0.2, 0) is 9.53 Å². The first-order valence-electron chi connectivity index (χ1n) is 5.13. The highest BCUT2D eigenvalue weighted by Gasteiger charge is 2.47. The summed E-state index contributed by atoms with van der Waals surface area (Å²) in [5.74, 6) is 0.468. The number of rotatable bonds is 3. The van der Waals surface area contributed by atoms with Crippen molar-refractivity contribution in [3.8, 4) is 0 Å². The number of fused-ring (bicyclic) bond motifs is 3. The zero-order chi connectivity index (χ0) is 9.31. The van der Waals surface area contributed by atoms with Crippen LogP contribution in [0.3, 0.4) is 0 Å². The lowest BCUT2D eigenvalue weighted by molar-refractivity contribution is -0.162. The van der Waals surface area contributed by atoms with E-state index in [1.54, 1.807) is 0 Å². The Balaban J connectivity index is 2.15. The first-order chi connectivity index (χ1) is 6.30. The number of hydrogen-bond donors (Lipinski definition) is 0. The Morgan fingerprint density at radius 2 is 2.23 bits per heavy atom. The molecule has 3 aliphatic rings. The van der Waals surface area contributed by atoms with E-state index in [4.69, 9.17) is 4.74 Å². The molecule has 3 aliphatic heterocycles. The molecule has 0 saturated carbocycles. The van der Waals surface area contributed by atoms with Crippen LogP contribution in [0.4, 0.5) is 0 Å². The molecule has 0 aromatic heterocycles. The van der Waals surface area contributed by atoms with Gasteiger partial charge in [0.2, 0.25) is 0 Å². The predicted octanol–water partition coefficient (Wildman–Crippen LogP) is 0.686. The molecule has 0 N–H and O–H groups in total. The normalized spacial score (nSPS) is 43.5. The summed E-state index contributed by atoms with van der Waals surface area (Å²) >= 11 is 0. The molecule has 74 valence electrons. The third-order valence-corrected chi connectivity index (χ3v) is 3.36. The van der Waals surface area contributed by atoms with Gasteiger partial charge in [-0.15, -0.1) is 0 Å². The van der Waals surface area contributed by atoms with Crippen molar-refractivity contribution < 1.29 is 9.53 Å². The van der Waals surface area contributed by atoms with E-state index in [2.05, 4.69) is 4.90 Å². The maximum Gasteiger partial charge on any atom is 0.153 e. The van der Waals surface area contributed by atoms with Gasteiger partial charge in [0.25, 0.3) is 0 Å². The zero-order valence-corrected chi connectivity index (χ0v) is 8.16. The quantitative estimate of drug-likeness (QED) is 0.603. The molecule has 3 heteroatoms. The van der Waals surface area contributed by atoms with E-state index in [1.165, 1.54) is 0 Å². The molecule has 3 nitrogen and oxygen atoms in total. The first-order valence-corrected chi connectivity index (χ1v) is 5.13. The molecule has 3 fully saturated rings. The highest BCUT2D eigenvalue weighted by atomic mass is 16.5. The highest BCUT2D eigenvalue weighted by Crippen LogP contribution is 2.36. The number of piperidine rings is 3. The lowest BCUT2D eigenvalue weighted by atomic mass is 9.76. The average Bonchev–Trinajstić information content (AvgIpc) is 2.20. The summed E-state index contributed by atoms with van der Waals surface area (Å²) in [6.45, 7) is 5.71. The maximum absolute atomic E-state index is 11.1. The molecule has 1 unspecified atom stereocenters. The number of nitrogens with zero attached hydrogens (tertiary/aromatic N) is 1. The van der Waals surface area contributed by atoms with Crippen molar-refractivity contribution in [2.45, 2.75) is 25.4 Å². The van der Waals surface area contributed by atoms with Crippen molar-refractivity contribution in [3.05, 3.63) is 0 Å². The van der Waals surface area contributed by atoms with E-state index < -0.39 is 5.60 Å². The fourth-order valence-corrected chi connectivity index (χ4v) is 2.66. The van der Waals surface area contributed by atoms with Crippen LogP contribution in [0.15, 0.2) is 0 Å². The molecule has 2 bridgehead atoms. The topological polar surface area (TPSA) is 29.5 Å². The number of carbonyl (C=O) groups excluding carboxylic acids is 1. The van der Waals surface area contributed by atoms with Crippen molar-refractivity contribution in [1.29, 1.82) is 0 Å². The molecular weight excluding hydrogens is 166 g/mol. The van der Waals surface area contributed by atoms with Gasteiger partial charge in [0.1, 0.15) is 5.60 Å². The molecule has 13 heavy (non-hydrogen) atoms. The maximum atomic E-state index is 11.1. The van der Waals surface area contributed by atoms with E-state index >= 15 is 0 Å². The fourth-order valence-electron chi connectivity index (χ4n) is 2.66. The molecule has 0 aromatic carbocycles. The molecule has 3 heterocycles. The summed E-state index contributed by atoms with van der Waals surface area (Å²) < 4.78 is 5.64. The van der Waals surface area contributed by atoms with Gasteiger partial charge in [-0.3, -0.25) is 4.90 Å². The number of aldehydes is 1. The van der Waals surface area contributed by atoms with E-state index in [-0.39, 0.29) is 0 Å². The van der Waals surface area contributed by atoms with Gasteiger partial charge in [0, 0.05) is 13.2 Å². The van der Waals surface area contributed by atoms with Crippen LogP contribution in [0.1, 0.15) is 19.8 Å². The van der Waals surface area contributed by atoms with Crippen LogP contribution in [0.2, 0.25) is 0 Å².